The zero-order chi connectivity index (χ0) is 15.2. The van der Waals surface area contributed by atoms with Crippen molar-refractivity contribution in [2.24, 2.45) is 0 Å². The van der Waals surface area contributed by atoms with Crippen molar-refractivity contribution in [3.05, 3.63) is 0 Å². The maximum atomic E-state index is 11.9. The molecule has 0 radical (unpaired) electrons. The Balaban J connectivity index is 6.27. The lowest BCUT2D eigenvalue weighted by Crippen LogP contribution is -2.68. The fourth-order valence-electron chi connectivity index (χ4n) is 0.773. The monoisotopic (exact) mass is 318 g/mol. The van der Waals surface area contributed by atoms with Gasteiger partial charge in [-0.25, -0.2) is 4.18 Å². The van der Waals surface area contributed by atoms with Crippen LogP contribution >= 0.6 is 0 Å². The molecular formula is C4F10O3S. The van der Waals surface area contributed by atoms with Crippen LogP contribution in [0.1, 0.15) is 0 Å². The van der Waals surface area contributed by atoms with Crippen LogP contribution in [0.25, 0.3) is 0 Å². The van der Waals surface area contributed by atoms with Crippen molar-refractivity contribution in [1.82, 2.24) is 0 Å². The van der Waals surface area contributed by atoms with Crippen molar-refractivity contribution in [1.29, 1.82) is 0 Å². The molecule has 14 heteroatoms. The van der Waals surface area contributed by atoms with Crippen molar-refractivity contribution in [3.8, 4) is 0 Å². The van der Waals surface area contributed by atoms with Crippen molar-refractivity contribution in [3.63, 3.8) is 0 Å². The molecule has 0 rings (SSSR count). The molecule has 0 aromatic rings. The first-order valence-electron chi connectivity index (χ1n) is 3.31. The molecule has 0 aromatic carbocycles. The summed E-state index contributed by atoms with van der Waals surface area (Å²) in [5, 5.41) is 0. The molecule has 0 spiro atoms. The topological polar surface area (TPSA) is 43.4 Å². The lowest BCUT2D eigenvalue weighted by atomic mass is 10.0. The van der Waals surface area contributed by atoms with Crippen LogP contribution in [0, 0.1) is 0 Å². The molecule has 0 aromatic heterocycles. The molecule has 0 N–H and O–H groups in total. The summed E-state index contributed by atoms with van der Waals surface area (Å²) in [5.74, 6) is 0. The summed E-state index contributed by atoms with van der Waals surface area (Å²) in [6.45, 7) is 0. The van der Waals surface area contributed by atoms with Gasteiger partial charge in [-0.15, -0.1) is 0 Å². The SMILES string of the molecule is O=S(=O)(F)OC(C(F)(F)F)(C(F)(F)F)C(F)(F)F. The summed E-state index contributed by atoms with van der Waals surface area (Å²) < 4.78 is 140. The third kappa shape index (κ3) is 2.96. The lowest BCUT2D eigenvalue weighted by Gasteiger charge is -2.35. The minimum atomic E-state index is -7.30. The highest BCUT2D eigenvalue weighted by atomic mass is 32.3. The second kappa shape index (κ2) is 4.11. The molecule has 0 saturated carbocycles. The quantitative estimate of drug-likeness (QED) is 0.581. The average Bonchev–Trinajstić information content (AvgIpc) is 1.90. The zero-order valence-corrected chi connectivity index (χ0v) is 8.23. The van der Waals surface area contributed by atoms with E-state index in [4.69, 9.17) is 0 Å². The van der Waals surface area contributed by atoms with Gasteiger partial charge in [0, 0.05) is 0 Å². The van der Waals surface area contributed by atoms with Gasteiger partial charge in [-0.2, -0.15) is 47.9 Å². The average molecular weight is 318 g/mol. The second-order valence-corrected chi connectivity index (χ2v) is 3.60. The lowest BCUT2D eigenvalue weighted by molar-refractivity contribution is -0.437. The van der Waals surface area contributed by atoms with E-state index in [0.29, 0.717) is 0 Å². The fraction of sp³-hybridized carbons (Fsp3) is 1.00. The first-order chi connectivity index (χ1) is 7.46. The van der Waals surface area contributed by atoms with Crippen molar-refractivity contribution >= 4 is 10.5 Å². The van der Waals surface area contributed by atoms with Crippen molar-refractivity contribution < 1.29 is 56.0 Å². The predicted molar refractivity (Wildman–Crippen MR) is 32.0 cm³/mol. The van der Waals surface area contributed by atoms with Crippen LogP contribution in [0.2, 0.25) is 0 Å². The summed E-state index contributed by atoms with van der Waals surface area (Å²) >= 11 is 0. The van der Waals surface area contributed by atoms with Gasteiger partial charge in [-0.1, -0.05) is 3.89 Å². The van der Waals surface area contributed by atoms with E-state index in [1.54, 1.807) is 4.18 Å². The molecule has 0 heterocycles. The van der Waals surface area contributed by atoms with Crippen LogP contribution in [0.5, 0.6) is 0 Å². The van der Waals surface area contributed by atoms with Crippen LogP contribution in [0.4, 0.5) is 43.4 Å². The van der Waals surface area contributed by atoms with Crippen molar-refractivity contribution in [2.75, 3.05) is 0 Å². The molecule has 0 atom stereocenters. The molecule has 110 valence electrons. The zero-order valence-electron chi connectivity index (χ0n) is 7.41. The van der Waals surface area contributed by atoms with Crippen LogP contribution < -0.4 is 0 Å². The Bertz CT molecular complexity index is 362. The normalized spacial score (nSPS) is 15.9. The number of alkyl halides is 9. The Morgan fingerprint density at radius 1 is 0.667 bits per heavy atom. The molecule has 18 heavy (non-hydrogen) atoms. The molecule has 3 nitrogen and oxygen atoms in total. The molecule has 0 amide bonds. The van der Waals surface area contributed by atoms with E-state index >= 15 is 0 Å². The highest BCUT2D eigenvalue weighted by Gasteiger charge is 2.87. The van der Waals surface area contributed by atoms with Crippen LogP contribution in [-0.4, -0.2) is 32.5 Å². The minimum absolute atomic E-state index is 1.65. The number of hydrogen-bond donors (Lipinski definition) is 0. The van der Waals surface area contributed by atoms with Gasteiger partial charge in [-0.3, -0.25) is 0 Å². The number of rotatable bonds is 2. The molecular weight excluding hydrogens is 318 g/mol. The van der Waals surface area contributed by atoms with Gasteiger partial charge in [0.15, 0.2) is 0 Å². The molecule has 0 aliphatic rings. The number of halogens is 10. The van der Waals surface area contributed by atoms with Gasteiger partial charge in [-0.05, 0) is 0 Å². The summed E-state index contributed by atoms with van der Waals surface area (Å²) in [4.78, 5) is 0. The Hall–Kier alpha value is -0.790. The smallest absolute Gasteiger partial charge is 0.209 e. The fourth-order valence-corrected chi connectivity index (χ4v) is 1.36. The van der Waals surface area contributed by atoms with E-state index in [9.17, 15) is 51.8 Å². The van der Waals surface area contributed by atoms with E-state index in [0.717, 1.165) is 0 Å². The van der Waals surface area contributed by atoms with E-state index in [1.807, 2.05) is 0 Å². The standard InChI is InChI=1S/C4F10O3S/c5-2(6,7)1(3(8,9)10,4(11,12)13)17-18(14,15)16. The molecule has 0 fully saturated rings. The highest BCUT2D eigenvalue weighted by molar-refractivity contribution is 7.81. The van der Waals surface area contributed by atoms with Crippen LogP contribution in [0.3, 0.4) is 0 Å². The second-order valence-electron chi connectivity index (χ2n) is 2.65. The first kappa shape index (κ1) is 17.2. The van der Waals surface area contributed by atoms with Gasteiger partial charge in [0.05, 0.1) is 0 Å². The number of hydrogen-bond acceptors (Lipinski definition) is 3. The molecule has 0 saturated heterocycles. The third-order valence-electron chi connectivity index (χ3n) is 1.42. The van der Waals surface area contributed by atoms with E-state index in [2.05, 4.69) is 0 Å². The van der Waals surface area contributed by atoms with E-state index < -0.39 is 34.6 Å². The van der Waals surface area contributed by atoms with Gasteiger partial charge < -0.3 is 0 Å². The Labute approximate surface area is 91.7 Å². The predicted octanol–water partition coefficient (Wildman–Crippen LogP) is 2.64. The first-order valence-corrected chi connectivity index (χ1v) is 4.62. The molecule has 0 unspecified atom stereocenters. The third-order valence-corrected chi connectivity index (χ3v) is 1.87. The Kier molecular flexibility index (Phi) is 3.93. The van der Waals surface area contributed by atoms with E-state index in [-0.39, 0.29) is 0 Å². The summed E-state index contributed by atoms with van der Waals surface area (Å²) in [5.41, 5.74) is -7.17. The van der Waals surface area contributed by atoms with Crippen molar-refractivity contribution in [2.45, 2.75) is 24.1 Å². The van der Waals surface area contributed by atoms with Gasteiger partial charge in [0.1, 0.15) is 0 Å². The summed E-state index contributed by atoms with van der Waals surface area (Å²) in [6, 6.07) is 0. The van der Waals surface area contributed by atoms with Crippen LogP contribution in [0.15, 0.2) is 0 Å². The minimum Gasteiger partial charge on any atom is -0.209 e. The van der Waals surface area contributed by atoms with Gasteiger partial charge in [0.25, 0.3) is 0 Å². The molecule has 0 aliphatic heterocycles. The van der Waals surface area contributed by atoms with E-state index in [1.165, 1.54) is 0 Å². The Morgan fingerprint density at radius 2 is 0.889 bits per heavy atom. The van der Waals surface area contributed by atoms with Gasteiger partial charge >= 0.3 is 34.6 Å². The highest BCUT2D eigenvalue weighted by Crippen LogP contribution is 2.55. The van der Waals surface area contributed by atoms with Crippen LogP contribution in [-0.2, 0) is 14.7 Å². The molecule has 0 aliphatic carbocycles. The maximum absolute atomic E-state index is 11.9. The largest absolute Gasteiger partial charge is 0.439 e. The summed E-state index contributed by atoms with van der Waals surface area (Å²) in [7, 11) is -7.19. The van der Waals surface area contributed by atoms with Gasteiger partial charge in [0.2, 0.25) is 0 Å². The Morgan fingerprint density at radius 3 is 0.944 bits per heavy atom. The molecule has 0 bridgehead atoms. The maximum Gasteiger partial charge on any atom is 0.439 e. The summed E-state index contributed by atoms with van der Waals surface area (Å²) in [6.07, 6.45) is -21.9.